The number of aromatic carboxylic acids is 1. The topological polar surface area (TPSA) is 162 Å². The lowest BCUT2D eigenvalue weighted by molar-refractivity contribution is 0.0686. The number of hydrogen-bond acceptors (Lipinski definition) is 9. The van der Waals surface area contributed by atoms with Crippen LogP contribution in [0.1, 0.15) is 15.5 Å². The van der Waals surface area contributed by atoms with Gasteiger partial charge in [-0.15, -0.1) is 22.7 Å². The molecule has 32 heavy (non-hydrogen) atoms. The number of aromatic amines is 1. The van der Waals surface area contributed by atoms with E-state index in [-0.39, 0.29) is 21.3 Å². The number of thiazole rings is 1. The van der Waals surface area contributed by atoms with Crippen molar-refractivity contribution in [3.63, 3.8) is 0 Å². The Hall–Kier alpha value is -3.55. The number of hydrogen-bond donors (Lipinski definition) is 4. The first-order chi connectivity index (χ1) is 15.2. The van der Waals surface area contributed by atoms with Crippen LogP contribution >= 0.6 is 22.7 Å². The fourth-order valence-corrected chi connectivity index (χ4v) is 5.83. The fourth-order valence-electron chi connectivity index (χ4n) is 2.80. The summed E-state index contributed by atoms with van der Waals surface area (Å²) in [6, 6.07) is 9.15. The summed E-state index contributed by atoms with van der Waals surface area (Å²) in [5.74, 6) is -2.85. The van der Waals surface area contributed by atoms with E-state index in [1.54, 1.807) is 18.2 Å². The van der Waals surface area contributed by atoms with Crippen molar-refractivity contribution in [2.45, 2.75) is 11.1 Å². The number of benzene rings is 1. The third kappa shape index (κ3) is 4.12. The molecule has 10 nitrogen and oxygen atoms in total. The maximum atomic E-state index is 13.0. The number of nitrogens with one attached hydrogen (secondary N) is 2. The van der Waals surface area contributed by atoms with Crippen molar-refractivity contribution in [3.05, 3.63) is 62.8 Å². The molecule has 0 aliphatic rings. The van der Waals surface area contributed by atoms with Crippen LogP contribution in [0, 0.1) is 6.92 Å². The molecular formula is C19H14N4O6S3. The highest BCUT2D eigenvalue weighted by Crippen LogP contribution is 2.33. The molecule has 0 bridgehead atoms. The van der Waals surface area contributed by atoms with E-state index in [0.717, 1.165) is 16.3 Å². The summed E-state index contributed by atoms with van der Waals surface area (Å²) >= 11 is 2.51. The Balaban J connectivity index is 1.72. The number of H-pyrrole nitrogens is 1. The molecule has 0 fully saturated rings. The Bertz CT molecular complexity index is 1500. The molecule has 3 aromatic heterocycles. The van der Waals surface area contributed by atoms with Gasteiger partial charge in [-0.25, -0.2) is 23.2 Å². The minimum Gasteiger partial charge on any atom is -0.501 e. The highest BCUT2D eigenvalue weighted by atomic mass is 32.2. The molecule has 4 rings (SSSR count). The number of para-hydroxylation sites is 1. The second kappa shape index (κ2) is 8.18. The third-order valence-corrected chi connectivity index (χ3v) is 7.98. The van der Waals surface area contributed by atoms with Crippen molar-refractivity contribution in [3.8, 4) is 27.7 Å². The van der Waals surface area contributed by atoms with E-state index in [2.05, 4.69) is 19.7 Å². The zero-order chi connectivity index (χ0) is 23.0. The van der Waals surface area contributed by atoms with E-state index < -0.39 is 33.0 Å². The SMILES string of the molecule is Cc1nc(-c2ccc(S(=O)(=O)Nc3ccccc3-c3nc(C(=O)O)c(O)c(=O)[nH]3)s2)cs1. The van der Waals surface area contributed by atoms with E-state index in [4.69, 9.17) is 0 Å². The second-order valence-electron chi connectivity index (χ2n) is 6.44. The number of rotatable bonds is 6. The molecule has 0 aliphatic carbocycles. The first-order valence-electron chi connectivity index (χ1n) is 8.87. The standard InChI is InChI=1S/C19H14N4O6S3/c1-9-20-12(8-30-9)13-6-7-14(31-13)32(28,29)23-11-5-3-2-4-10(11)17-21-15(19(26)27)16(24)18(25)22-17/h2-8,23-24H,1H3,(H,26,27)(H,21,22,25). The van der Waals surface area contributed by atoms with Crippen molar-refractivity contribution in [2.24, 2.45) is 0 Å². The number of aromatic nitrogens is 3. The number of anilines is 1. The van der Waals surface area contributed by atoms with Crippen LogP contribution in [0.3, 0.4) is 0 Å². The Morgan fingerprint density at radius 1 is 1.16 bits per heavy atom. The van der Waals surface area contributed by atoms with Gasteiger partial charge in [-0.3, -0.25) is 9.52 Å². The first-order valence-corrected chi connectivity index (χ1v) is 12.0. The van der Waals surface area contributed by atoms with Crippen LogP contribution in [0.2, 0.25) is 0 Å². The van der Waals surface area contributed by atoms with Crippen molar-refractivity contribution in [1.29, 1.82) is 0 Å². The van der Waals surface area contributed by atoms with E-state index in [0.29, 0.717) is 10.6 Å². The molecule has 13 heteroatoms. The van der Waals surface area contributed by atoms with Gasteiger partial charge in [-0.05, 0) is 31.2 Å². The van der Waals surface area contributed by atoms with Crippen LogP contribution in [0.25, 0.3) is 22.0 Å². The summed E-state index contributed by atoms with van der Waals surface area (Å²) in [5.41, 5.74) is -1.03. The van der Waals surface area contributed by atoms with Crippen molar-refractivity contribution in [1.82, 2.24) is 15.0 Å². The molecule has 0 saturated heterocycles. The van der Waals surface area contributed by atoms with Crippen LogP contribution < -0.4 is 10.3 Å². The van der Waals surface area contributed by atoms with Crippen molar-refractivity contribution < 1.29 is 23.4 Å². The number of carboxylic acids is 1. The number of aryl methyl sites for hydroxylation is 1. The summed E-state index contributed by atoms with van der Waals surface area (Å²) in [4.78, 5) is 34.3. The van der Waals surface area contributed by atoms with Gasteiger partial charge in [0.25, 0.3) is 15.6 Å². The zero-order valence-electron chi connectivity index (χ0n) is 16.2. The molecule has 0 aliphatic heterocycles. The molecule has 0 radical (unpaired) electrons. The Morgan fingerprint density at radius 3 is 2.59 bits per heavy atom. The van der Waals surface area contributed by atoms with Crippen LogP contribution in [-0.2, 0) is 10.0 Å². The van der Waals surface area contributed by atoms with Crippen LogP contribution in [0.4, 0.5) is 5.69 Å². The van der Waals surface area contributed by atoms with Gasteiger partial charge in [0, 0.05) is 10.9 Å². The highest BCUT2D eigenvalue weighted by Gasteiger charge is 2.22. The number of carbonyl (C=O) groups is 1. The average Bonchev–Trinajstić information content (AvgIpc) is 3.39. The summed E-state index contributed by atoms with van der Waals surface area (Å²) in [6.07, 6.45) is 0. The van der Waals surface area contributed by atoms with Gasteiger partial charge < -0.3 is 15.2 Å². The van der Waals surface area contributed by atoms with Gasteiger partial charge in [-0.1, -0.05) is 12.1 Å². The van der Waals surface area contributed by atoms with Gasteiger partial charge in [0.15, 0.2) is 5.69 Å². The molecule has 164 valence electrons. The minimum atomic E-state index is -4.01. The molecule has 1 aromatic carbocycles. The Morgan fingerprint density at radius 2 is 1.91 bits per heavy atom. The summed E-state index contributed by atoms with van der Waals surface area (Å²) < 4.78 is 28.5. The van der Waals surface area contributed by atoms with Crippen LogP contribution in [0.5, 0.6) is 5.75 Å². The molecule has 3 heterocycles. The smallest absolute Gasteiger partial charge is 0.358 e. The van der Waals surface area contributed by atoms with Gasteiger partial charge in [0.05, 0.1) is 21.3 Å². The second-order valence-corrected chi connectivity index (χ2v) is 10.5. The van der Waals surface area contributed by atoms with Crippen LogP contribution in [-0.4, -0.2) is 39.6 Å². The monoisotopic (exact) mass is 490 g/mol. The molecule has 0 saturated carbocycles. The summed E-state index contributed by atoms with van der Waals surface area (Å²) in [5, 5.41) is 21.5. The number of aromatic hydroxyl groups is 1. The average molecular weight is 491 g/mol. The molecule has 0 atom stereocenters. The molecular weight excluding hydrogens is 476 g/mol. The van der Waals surface area contributed by atoms with Crippen molar-refractivity contribution in [2.75, 3.05) is 4.72 Å². The van der Waals surface area contributed by atoms with E-state index in [9.17, 15) is 28.2 Å². The molecule has 0 amide bonds. The number of nitrogens with zero attached hydrogens (tertiary/aromatic N) is 2. The minimum absolute atomic E-state index is 0.0475. The van der Waals surface area contributed by atoms with Crippen LogP contribution in [0.15, 0.2) is 50.8 Å². The zero-order valence-corrected chi connectivity index (χ0v) is 18.6. The highest BCUT2D eigenvalue weighted by molar-refractivity contribution is 7.94. The Labute approximate surface area is 188 Å². The van der Waals surface area contributed by atoms with Crippen molar-refractivity contribution >= 4 is 44.4 Å². The predicted molar refractivity (Wildman–Crippen MR) is 120 cm³/mol. The molecule has 4 N–H and O–H groups in total. The lowest BCUT2D eigenvalue weighted by atomic mass is 10.1. The lowest BCUT2D eigenvalue weighted by Gasteiger charge is -2.12. The van der Waals surface area contributed by atoms with Gasteiger partial charge in [0.1, 0.15) is 10.0 Å². The largest absolute Gasteiger partial charge is 0.501 e. The Kier molecular flexibility index (Phi) is 5.54. The number of carboxylic acid groups (broad SMARTS) is 1. The van der Waals surface area contributed by atoms with E-state index in [1.165, 1.54) is 29.5 Å². The molecule has 0 spiro atoms. The van der Waals surface area contributed by atoms with E-state index in [1.807, 2.05) is 12.3 Å². The number of sulfonamides is 1. The summed E-state index contributed by atoms with van der Waals surface area (Å²) in [6.45, 7) is 1.86. The van der Waals surface area contributed by atoms with Gasteiger partial charge >= 0.3 is 5.97 Å². The van der Waals surface area contributed by atoms with Gasteiger partial charge in [-0.2, -0.15) is 0 Å². The predicted octanol–water partition coefficient (Wildman–Crippen LogP) is 3.13. The molecule has 0 unspecified atom stereocenters. The number of thiophene rings is 1. The van der Waals surface area contributed by atoms with E-state index >= 15 is 0 Å². The first kappa shape index (κ1) is 21.7. The summed E-state index contributed by atoms with van der Waals surface area (Å²) in [7, 11) is -4.01. The maximum Gasteiger partial charge on any atom is 0.358 e. The molecule has 4 aromatic rings. The quantitative estimate of drug-likeness (QED) is 0.320. The maximum absolute atomic E-state index is 13.0. The third-order valence-electron chi connectivity index (χ3n) is 4.24. The normalized spacial score (nSPS) is 11.4. The lowest BCUT2D eigenvalue weighted by Crippen LogP contribution is -2.16. The van der Waals surface area contributed by atoms with Gasteiger partial charge in [0.2, 0.25) is 5.75 Å². The fraction of sp³-hybridized carbons (Fsp3) is 0.0526.